The minimum atomic E-state index is 0.788. The third-order valence-electron chi connectivity index (χ3n) is 2.89. The highest BCUT2D eigenvalue weighted by Crippen LogP contribution is 2.25. The molecule has 2 aromatic rings. The first kappa shape index (κ1) is 11.2. The van der Waals surface area contributed by atoms with E-state index >= 15 is 0 Å². The molecular weight excluding hydrogens is 216 g/mol. The van der Waals surface area contributed by atoms with Gasteiger partial charge in [0, 0.05) is 5.02 Å². The van der Waals surface area contributed by atoms with Gasteiger partial charge in [-0.15, -0.1) is 0 Å². The van der Waals surface area contributed by atoms with E-state index in [1.54, 1.807) is 0 Å². The molecule has 1 heteroatoms. The average molecular weight is 231 g/mol. The number of aryl methyl sites for hydroxylation is 2. The van der Waals surface area contributed by atoms with Crippen molar-refractivity contribution in [2.24, 2.45) is 0 Å². The van der Waals surface area contributed by atoms with Gasteiger partial charge in [-0.25, -0.2) is 0 Å². The van der Waals surface area contributed by atoms with Gasteiger partial charge in [-0.1, -0.05) is 48.9 Å². The van der Waals surface area contributed by atoms with Gasteiger partial charge >= 0.3 is 0 Å². The standard InChI is InChI=1S/C15H15Cl/c1-3-12-9-14(8-7-11(12)2)13-5-4-6-15(16)10-13/h4-10H,3H2,1-2H3. The SMILES string of the molecule is CCc1cc(-c2cccc(Cl)c2)ccc1C. The average Bonchev–Trinajstić information content (AvgIpc) is 2.29. The van der Waals surface area contributed by atoms with E-state index in [0.717, 1.165) is 11.4 Å². The molecule has 0 atom stereocenters. The quantitative estimate of drug-likeness (QED) is 0.690. The first-order valence-corrected chi connectivity index (χ1v) is 5.94. The van der Waals surface area contributed by atoms with Crippen molar-refractivity contribution in [2.45, 2.75) is 20.3 Å². The van der Waals surface area contributed by atoms with Crippen LogP contribution in [0.1, 0.15) is 18.1 Å². The Labute approximate surface area is 102 Å². The molecule has 0 saturated heterocycles. The van der Waals surface area contributed by atoms with Gasteiger partial charge in [0.25, 0.3) is 0 Å². The Morgan fingerprint density at radius 3 is 2.44 bits per heavy atom. The number of hydrogen-bond acceptors (Lipinski definition) is 0. The first-order valence-electron chi connectivity index (χ1n) is 5.56. The maximum atomic E-state index is 6.00. The van der Waals surface area contributed by atoms with Crippen molar-refractivity contribution in [3.05, 3.63) is 58.6 Å². The summed E-state index contributed by atoms with van der Waals surface area (Å²) in [5.41, 5.74) is 5.18. The summed E-state index contributed by atoms with van der Waals surface area (Å²) in [4.78, 5) is 0. The fourth-order valence-electron chi connectivity index (χ4n) is 1.90. The summed E-state index contributed by atoms with van der Waals surface area (Å²) < 4.78 is 0. The molecule has 0 aliphatic rings. The molecule has 0 aromatic heterocycles. The molecule has 0 radical (unpaired) electrons. The maximum absolute atomic E-state index is 6.00. The van der Waals surface area contributed by atoms with Crippen molar-refractivity contribution < 1.29 is 0 Å². The monoisotopic (exact) mass is 230 g/mol. The van der Waals surface area contributed by atoms with E-state index in [2.05, 4.69) is 38.1 Å². The predicted molar refractivity (Wildman–Crippen MR) is 71.0 cm³/mol. The van der Waals surface area contributed by atoms with Gasteiger partial charge < -0.3 is 0 Å². The topological polar surface area (TPSA) is 0 Å². The Balaban J connectivity index is 2.48. The lowest BCUT2D eigenvalue weighted by molar-refractivity contribution is 1.11. The highest BCUT2D eigenvalue weighted by molar-refractivity contribution is 6.30. The van der Waals surface area contributed by atoms with Crippen LogP contribution in [0.2, 0.25) is 5.02 Å². The van der Waals surface area contributed by atoms with Crippen LogP contribution < -0.4 is 0 Å². The molecular formula is C15H15Cl. The molecule has 82 valence electrons. The van der Waals surface area contributed by atoms with E-state index < -0.39 is 0 Å². The zero-order chi connectivity index (χ0) is 11.5. The molecule has 0 unspecified atom stereocenters. The summed E-state index contributed by atoms with van der Waals surface area (Å²) in [6.45, 7) is 4.34. The van der Waals surface area contributed by atoms with E-state index in [0.29, 0.717) is 0 Å². The largest absolute Gasteiger partial charge is 0.0843 e. The summed E-state index contributed by atoms with van der Waals surface area (Å²) in [5.74, 6) is 0. The van der Waals surface area contributed by atoms with E-state index in [4.69, 9.17) is 11.6 Å². The Hall–Kier alpha value is -1.27. The first-order chi connectivity index (χ1) is 7.70. The van der Waals surface area contributed by atoms with Gasteiger partial charge in [0.1, 0.15) is 0 Å². The predicted octanol–water partition coefficient (Wildman–Crippen LogP) is 4.88. The van der Waals surface area contributed by atoms with Gasteiger partial charge in [0.05, 0.1) is 0 Å². The number of hydrogen-bond donors (Lipinski definition) is 0. The minimum absolute atomic E-state index is 0.788. The second-order valence-corrected chi connectivity index (χ2v) is 4.44. The van der Waals surface area contributed by atoms with Crippen LogP contribution in [0.3, 0.4) is 0 Å². The van der Waals surface area contributed by atoms with Crippen LogP contribution >= 0.6 is 11.6 Å². The zero-order valence-electron chi connectivity index (χ0n) is 9.63. The summed E-state index contributed by atoms with van der Waals surface area (Å²) >= 11 is 6.00. The van der Waals surface area contributed by atoms with Gasteiger partial charge in [-0.3, -0.25) is 0 Å². The molecule has 0 aliphatic carbocycles. The van der Waals surface area contributed by atoms with E-state index in [-0.39, 0.29) is 0 Å². The van der Waals surface area contributed by atoms with Crippen LogP contribution in [0, 0.1) is 6.92 Å². The molecule has 0 bridgehead atoms. The summed E-state index contributed by atoms with van der Waals surface area (Å²) in [5, 5.41) is 0.788. The summed E-state index contributed by atoms with van der Waals surface area (Å²) in [6.07, 6.45) is 1.07. The second-order valence-electron chi connectivity index (χ2n) is 4.01. The lowest BCUT2D eigenvalue weighted by atomic mass is 9.98. The van der Waals surface area contributed by atoms with Gasteiger partial charge in [0.15, 0.2) is 0 Å². The molecule has 2 rings (SSSR count). The Bertz CT molecular complexity index is 501. The maximum Gasteiger partial charge on any atom is 0.0412 e. The van der Waals surface area contributed by atoms with Gasteiger partial charge in [0.2, 0.25) is 0 Å². The van der Waals surface area contributed by atoms with E-state index in [1.807, 2.05) is 18.2 Å². The van der Waals surface area contributed by atoms with Crippen molar-refractivity contribution in [1.82, 2.24) is 0 Å². The van der Waals surface area contributed by atoms with Crippen LogP contribution in [0.4, 0.5) is 0 Å². The number of benzene rings is 2. The van der Waals surface area contributed by atoms with Crippen molar-refractivity contribution in [1.29, 1.82) is 0 Å². The normalized spacial score (nSPS) is 10.4. The van der Waals surface area contributed by atoms with Gasteiger partial charge in [-0.05, 0) is 47.7 Å². The van der Waals surface area contributed by atoms with Gasteiger partial charge in [-0.2, -0.15) is 0 Å². The van der Waals surface area contributed by atoms with Crippen LogP contribution in [-0.4, -0.2) is 0 Å². The lowest BCUT2D eigenvalue weighted by Crippen LogP contribution is -1.87. The summed E-state index contributed by atoms with van der Waals surface area (Å²) in [6, 6.07) is 14.6. The van der Waals surface area contributed by atoms with Crippen LogP contribution in [0.15, 0.2) is 42.5 Å². The van der Waals surface area contributed by atoms with Crippen molar-refractivity contribution in [2.75, 3.05) is 0 Å². The third kappa shape index (κ3) is 2.28. The molecule has 0 nitrogen and oxygen atoms in total. The molecule has 2 aromatic carbocycles. The van der Waals surface area contributed by atoms with Crippen molar-refractivity contribution in [3.63, 3.8) is 0 Å². The summed E-state index contributed by atoms with van der Waals surface area (Å²) in [7, 11) is 0. The van der Waals surface area contributed by atoms with Crippen LogP contribution in [0.25, 0.3) is 11.1 Å². The molecule has 0 saturated carbocycles. The number of halogens is 1. The fourth-order valence-corrected chi connectivity index (χ4v) is 2.09. The molecule has 0 fully saturated rings. The Morgan fingerprint density at radius 1 is 1.00 bits per heavy atom. The van der Waals surface area contributed by atoms with Crippen LogP contribution in [-0.2, 0) is 6.42 Å². The molecule has 0 heterocycles. The highest BCUT2D eigenvalue weighted by atomic mass is 35.5. The van der Waals surface area contributed by atoms with E-state index in [9.17, 15) is 0 Å². The Kier molecular flexibility index (Phi) is 3.31. The third-order valence-corrected chi connectivity index (χ3v) is 3.12. The molecule has 0 amide bonds. The molecule has 0 aliphatic heterocycles. The van der Waals surface area contributed by atoms with Crippen LogP contribution in [0.5, 0.6) is 0 Å². The molecule has 16 heavy (non-hydrogen) atoms. The van der Waals surface area contributed by atoms with E-state index in [1.165, 1.54) is 22.3 Å². The highest BCUT2D eigenvalue weighted by Gasteiger charge is 2.01. The minimum Gasteiger partial charge on any atom is -0.0843 e. The molecule has 0 spiro atoms. The fraction of sp³-hybridized carbons (Fsp3) is 0.200. The van der Waals surface area contributed by atoms with Crippen molar-refractivity contribution >= 4 is 11.6 Å². The zero-order valence-corrected chi connectivity index (χ0v) is 10.4. The lowest BCUT2D eigenvalue weighted by Gasteiger charge is -2.07. The Morgan fingerprint density at radius 2 is 1.75 bits per heavy atom. The smallest absolute Gasteiger partial charge is 0.0412 e. The second kappa shape index (κ2) is 4.71. The van der Waals surface area contributed by atoms with Crippen molar-refractivity contribution in [3.8, 4) is 11.1 Å². The number of rotatable bonds is 2. The molecule has 0 N–H and O–H groups in total.